The molecule has 0 radical (unpaired) electrons. The maximum atomic E-state index is 14.1. The number of piperidine rings is 1. The van der Waals surface area contributed by atoms with Crippen molar-refractivity contribution < 1.29 is 24.3 Å². The number of aliphatic hydroxyl groups is 1. The van der Waals surface area contributed by atoms with Gasteiger partial charge in [-0.2, -0.15) is 0 Å². The van der Waals surface area contributed by atoms with Gasteiger partial charge in [0.05, 0.1) is 93.6 Å². The first-order valence-corrected chi connectivity index (χ1v) is 34.5. The predicted octanol–water partition coefficient (Wildman–Crippen LogP) is 8.70. The highest BCUT2D eigenvalue weighted by atomic mass is 16.3. The normalized spacial score (nSPS) is 18.3. The number of hydrogen-bond acceptors (Lipinski definition) is 20. The van der Waals surface area contributed by atoms with E-state index in [-0.39, 0.29) is 42.0 Å². The summed E-state index contributed by atoms with van der Waals surface area (Å²) in [5, 5.41) is 32.1. The zero-order chi connectivity index (χ0) is 68.9. The number of likely N-dealkylation sites (tertiary alicyclic amines) is 1. The summed E-state index contributed by atoms with van der Waals surface area (Å²) in [5.74, 6) is 2.18. The summed E-state index contributed by atoms with van der Waals surface area (Å²) in [5.41, 5.74) is 16.3. The summed E-state index contributed by atoms with van der Waals surface area (Å²) in [7, 11) is 3.95. The average Bonchev–Trinajstić information content (AvgIpc) is 1.59. The fraction of sp³-hybridized carbons (Fsp3) is 0.267. The highest BCUT2D eigenvalue weighted by Gasteiger charge is 2.34. The Balaban J connectivity index is 0.584. The minimum atomic E-state index is -0.567. The van der Waals surface area contributed by atoms with Crippen LogP contribution in [0.3, 0.4) is 0 Å². The minimum absolute atomic E-state index is 0.0732. The van der Waals surface area contributed by atoms with Gasteiger partial charge in [0.1, 0.15) is 34.6 Å². The molecule has 10 aromatic heterocycles. The summed E-state index contributed by atoms with van der Waals surface area (Å²) < 4.78 is 6.08. The second-order valence-electron chi connectivity index (χ2n) is 27.1. The molecule has 510 valence electrons. The molecule has 6 aliphatic heterocycles. The van der Waals surface area contributed by atoms with Crippen LogP contribution in [-0.2, 0) is 31.0 Å². The molecule has 3 fully saturated rings. The van der Waals surface area contributed by atoms with Crippen LogP contribution in [0.25, 0.3) is 67.4 Å². The Hall–Kier alpha value is -12.2. The van der Waals surface area contributed by atoms with Gasteiger partial charge in [-0.1, -0.05) is 18.2 Å². The van der Waals surface area contributed by atoms with Crippen LogP contribution in [0.4, 0.5) is 46.0 Å². The second kappa shape index (κ2) is 25.2. The van der Waals surface area contributed by atoms with E-state index in [4.69, 9.17) is 34.9 Å². The summed E-state index contributed by atoms with van der Waals surface area (Å²) >= 11 is 0. The monoisotopic (exact) mass is 1360 g/mol. The molecule has 4 amide bonds. The van der Waals surface area contributed by atoms with Crippen LogP contribution in [0.2, 0.25) is 0 Å². The predicted molar refractivity (Wildman–Crippen MR) is 385 cm³/mol. The van der Waals surface area contributed by atoms with Crippen LogP contribution >= 0.6 is 0 Å². The van der Waals surface area contributed by atoms with E-state index >= 15 is 0 Å². The summed E-state index contributed by atoms with van der Waals surface area (Å²) in [6.45, 7) is 6.75. The summed E-state index contributed by atoms with van der Waals surface area (Å²) in [6, 6.07) is 23.7. The van der Waals surface area contributed by atoms with Crippen LogP contribution in [0.1, 0.15) is 84.9 Å². The maximum Gasteiger partial charge on any atom is 0.254 e. The zero-order valence-electron chi connectivity index (χ0n) is 55.9. The number of pyridine rings is 5. The molecular weight excluding hydrogens is 1290 g/mol. The lowest BCUT2D eigenvalue weighted by molar-refractivity contribution is -0.132. The van der Waals surface area contributed by atoms with Crippen LogP contribution in [-0.4, -0.2) is 163 Å². The highest BCUT2D eigenvalue weighted by Crippen LogP contribution is 2.42. The lowest BCUT2D eigenvalue weighted by Gasteiger charge is -2.33. The molecule has 0 spiro atoms. The fourth-order valence-electron chi connectivity index (χ4n) is 15.6. The number of imidazole rings is 2. The van der Waals surface area contributed by atoms with Crippen molar-refractivity contribution in [2.24, 2.45) is 5.92 Å². The molecule has 7 N–H and O–H groups in total. The van der Waals surface area contributed by atoms with Gasteiger partial charge >= 0.3 is 0 Å². The molecule has 0 bridgehead atoms. The molecule has 27 nitrogen and oxygen atoms in total. The van der Waals surface area contributed by atoms with E-state index in [9.17, 15) is 24.3 Å². The van der Waals surface area contributed by atoms with Gasteiger partial charge in [0, 0.05) is 174 Å². The maximum absolute atomic E-state index is 14.1. The van der Waals surface area contributed by atoms with E-state index in [1.54, 1.807) is 42.1 Å². The number of hydrogen-bond donors (Lipinski definition) is 7. The number of piperazine rings is 1. The van der Waals surface area contributed by atoms with E-state index in [1.807, 2.05) is 126 Å². The molecule has 27 heteroatoms. The number of carbonyl (C=O) groups excluding carboxylic acids is 4. The third-order valence-electron chi connectivity index (χ3n) is 21.1. The number of carbonyl (C=O) groups is 4. The summed E-state index contributed by atoms with van der Waals surface area (Å²) in [6.07, 6.45) is 23.8. The average molecular weight is 1360 g/mol. The molecule has 0 aliphatic carbocycles. The number of rotatable bonds is 15. The number of likely N-dealkylation sites (N-methyl/N-ethyl adjacent to an activating group) is 2. The first kappa shape index (κ1) is 62.1. The molecule has 102 heavy (non-hydrogen) atoms. The minimum Gasteiger partial charge on any atom is -0.393 e. The Bertz CT molecular complexity index is 5390. The van der Waals surface area contributed by atoms with Gasteiger partial charge in [0.15, 0.2) is 11.3 Å². The molecular formula is C75H70N22O5. The van der Waals surface area contributed by atoms with Crippen molar-refractivity contribution in [3.8, 4) is 45.0 Å². The van der Waals surface area contributed by atoms with Crippen molar-refractivity contribution in [1.29, 1.82) is 0 Å². The van der Waals surface area contributed by atoms with Gasteiger partial charge < -0.3 is 61.2 Å². The van der Waals surface area contributed by atoms with E-state index in [2.05, 4.69) is 68.2 Å². The number of amides is 4. The zero-order valence-corrected chi connectivity index (χ0v) is 55.9. The molecule has 6 aliphatic rings. The Morgan fingerprint density at radius 3 is 1.97 bits per heavy atom. The molecule has 1 unspecified atom stereocenters. The van der Waals surface area contributed by atoms with Gasteiger partial charge in [-0.15, -0.1) is 0 Å². The Labute approximate surface area is 584 Å². The first-order chi connectivity index (χ1) is 49.9. The van der Waals surface area contributed by atoms with Crippen LogP contribution in [0, 0.1) is 5.92 Å². The van der Waals surface area contributed by atoms with Crippen molar-refractivity contribution in [1.82, 2.24) is 84.0 Å². The van der Waals surface area contributed by atoms with E-state index in [0.717, 1.165) is 123 Å². The molecule has 3 atom stereocenters. The Kier molecular flexibility index (Phi) is 15.3. The van der Waals surface area contributed by atoms with Crippen molar-refractivity contribution in [3.63, 3.8) is 0 Å². The van der Waals surface area contributed by atoms with E-state index in [0.29, 0.717) is 120 Å². The topological polar surface area (TPSA) is 303 Å². The van der Waals surface area contributed by atoms with Crippen LogP contribution in [0.5, 0.6) is 0 Å². The second-order valence-corrected chi connectivity index (χ2v) is 27.1. The molecule has 12 aromatic rings. The molecule has 2 aromatic carbocycles. The number of aliphatic hydroxyl groups excluding tert-OH is 1. The number of nitrogens with one attached hydrogen (secondary N) is 6. The summed E-state index contributed by atoms with van der Waals surface area (Å²) in [4.78, 5) is 105. The Morgan fingerprint density at radius 1 is 0.539 bits per heavy atom. The molecule has 18 rings (SSSR count). The van der Waals surface area contributed by atoms with Gasteiger partial charge in [-0.05, 0) is 97.6 Å². The van der Waals surface area contributed by atoms with Gasteiger partial charge in [-0.25, -0.2) is 29.9 Å². The number of benzene rings is 2. The van der Waals surface area contributed by atoms with Crippen molar-refractivity contribution in [2.45, 2.75) is 63.9 Å². The van der Waals surface area contributed by atoms with Crippen molar-refractivity contribution >= 4 is 92.0 Å². The first-order valence-electron chi connectivity index (χ1n) is 34.5. The molecule has 0 saturated carbocycles. The van der Waals surface area contributed by atoms with Gasteiger partial charge in [0.25, 0.3) is 17.7 Å². The van der Waals surface area contributed by atoms with E-state index < -0.39 is 6.10 Å². The van der Waals surface area contributed by atoms with Crippen molar-refractivity contribution in [3.05, 3.63) is 186 Å². The SMILES string of the molecule is CN1CCN(c2cc(-c3nccn4c(-c5ccc(Nc6ccc([C@@H]7CCC(=O)N(C)C7)cn6)c6c5CNC6=O)cnc34)cc(Nc3cnc(-c4ccnc5c4ccn5CC4CCN(c5ccc(Nc6ccc(-c7cnc8cnccn78)c7c6C(=O)NC7)nc5)CC[C@H]4O)c4c3C(=O)NC4)n2)CC1. The third kappa shape index (κ3) is 11.0. The fourth-order valence-corrected chi connectivity index (χ4v) is 15.6. The quantitative estimate of drug-likeness (QED) is 0.0505. The highest BCUT2D eigenvalue weighted by molar-refractivity contribution is 6.08. The van der Waals surface area contributed by atoms with E-state index in [1.165, 1.54) is 0 Å². The lowest BCUT2D eigenvalue weighted by Crippen LogP contribution is -2.44. The van der Waals surface area contributed by atoms with Crippen LogP contribution in [0.15, 0.2) is 147 Å². The number of aromatic nitrogens is 12. The largest absolute Gasteiger partial charge is 0.393 e. The smallest absolute Gasteiger partial charge is 0.254 e. The third-order valence-corrected chi connectivity index (χ3v) is 21.1. The number of anilines is 8. The van der Waals surface area contributed by atoms with Crippen molar-refractivity contribution in [2.75, 3.05) is 85.7 Å². The standard InChI is InChI=1S/C75H70N22O5/c1-91-25-27-94(28-26-91)63-30-45(69-72-83-38-58(97(72)24-19-77-69)48-7-9-54(67-52(48)34-85-74(67)101)87-60-10-3-42(31-79-60)43-4-12-65(99)92(2)40-43)29-62(90-63)89-56-36-82-70(53-35-86-75(102)68(53)56)49-13-17-78-71-50(49)15-21-95(71)41-44-14-20-93(22-16-59(44)98)46-5-11-61(80-32-46)88-55-8-6-47(51-33-84-73(100)66(51)55)57-37-81-64-39-76-18-23-96(57)64/h3,5-11,13,15,17-19,21,23-24,29-32,36-39,43-44,59,98H,4,12,14,16,20,22,25-28,33-35,40-41H2,1-2H3,(H,79,87)(H,80,88)(H,84,100)(H,85,101)(H,86,102)(H,89,90)/t43-,44?,59-/m1/s1. The lowest BCUT2D eigenvalue weighted by atomic mass is 9.91. The molecule has 16 heterocycles. The number of nitrogens with zero attached hydrogens (tertiary/aromatic N) is 16. The van der Waals surface area contributed by atoms with Gasteiger partial charge in [-0.3, -0.25) is 42.9 Å². The molecule has 3 saturated heterocycles. The number of fused-ring (bicyclic) bond motifs is 6. The van der Waals surface area contributed by atoms with Crippen LogP contribution < -0.4 is 41.7 Å². The Morgan fingerprint density at radius 2 is 1.24 bits per heavy atom. The van der Waals surface area contributed by atoms with Gasteiger partial charge in [0.2, 0.25) is 5.91 Å².